The summed E-state index contributed by atoms with van der Waals surface area (Å²) in [5.41, 5.74) is 2.09. The topological polar surface area (TPSA) is 51.7 Å². The van der Waals surface area contributed by atoms with E-state index >= 15 is 0 Å². The van der Waals surface area contributed by atoms with Crippen molar-refractivity contribution in [3.8, 4) is 11.5 Å². The third-order valence-electron chi connectivity index (χ3n) is 4.33. The Bertz CT molecular complexity index is 707. The highest BCUT2D eigenvalue weighted by Crippen LogP contribution is 2.19. The highest BCUT2D eigenvalue weighted by molar-refractivity contribution is 5.77. The zero-order chi connectivity index (χ0) is 17.6. The number of piperidine rings is 1. The Morgan fingerprint density at radius 1 is 1.16 bits per heavy atom. The Morgan fingerprint density at radius 2 is 1.96 bits per heavy atom. The van der Waals surface area contributed by atoms with Crippen LogP contribution in [-0.4, -0.2) is 41.6 Å². The van der Waals surface area contributed by atoms with E-state index in [9.17, 15) is 4.79 Å². The van der Waals surface area contributed by atoms with Gasteiger partial charge in [0.15, 0.2) is 6.61 Å². The number of hydrogen-bond donors (Lipinski definition) is 0. The van der Waals surface area contributed by atoms with Crippen molar-refractivity contribution in [2.45, 2.75) is 32.8 Å². The van der Waals surface area contributed by atoms with Crippen LogP contribution < -0.4 is 9.47 Å². The minimum Gasteiger partial charge on any atom is -0.489 e. The summed E-state index contributed by atoms with van der Waals surface area (Å²) in [6.07, 6.45) is 3.53. The van der Waals surface area contributed by atoms with Crippen LogP contribution in [0, 0.1) is 13.8 Å². The van der Waals surface area contributed by atoms with Crippen molar-refractivity contribution in [1.29, 1.82) is 0 Å². The van der Waals surface area contributed by atoms with Gasteiger partial charge < -0.3 is 14.4 Å². The lowest BCUT2D eigenvalue weighted by Gasteiger charge is -2.32. The van der Waals surface area contributed by atoms with Crippen molar-refractivity contribution in [3.05, 3.63) is 53.9 Å². The second-order valence-corrected chi connectivity index (χ2v) is 6.44. The largest absolute Gasteiger partial charge is 0.489 e. The number of amides is 1. The van der Waals surface area contributed by atoms with Crippen LogP contribution in [0.25, 0.3) is 0 Å². The first-order valence-electron chi connectivity index (χ1n) is 8.67. The molecular formula is C20H24N2O3. The van der Waals surface area contributed by atoms with Crippen LogP contribution in [-0.2, 0) is 4.79 Å². The molecule has 132 valence electrons. The molecule has 2 heterocycles. The number of aromatic nitrogens is 1. The molecule has 2 aromatic rings. The Kier molecular flexibility index (Phi) is 5.53. The molecular weight excluding hydrogens is 316 g/mol. The molecule has 1 aliphatic heterocycles. The predicted octanol–water partition coefficient (Wildman–Crippen LogP) is 3.15. The lowest BCUT2D eigenvalue weighted by Crippen LogP contribution is -2.43. The summed E-state index contributed by atoms with van der Waals surface area (Å²) < 4.78 is 11.6. The third-order valence-corrected chi connectivity index (χ3v) is 4.33. The van der Waals surface area contributed by atoms with Crippen LogP contribution in [0.1, 0.15) is 24.1 Å². The maximum absolute atomic E-state index is 12.3. The van der Waals surface area contributed by atoms with E-state index < -0.39 is 0 Å². The predicted molar refractivity (Wildman–Crippen MR) is 95.9 cm³/mol. The lowest BCUT2D eigenvalue weighted by molar-refractivity contribution is -0.135. The van der Waals surface area contributed by atoms with Gasteiger partial charge in [0.2, 0.25) is 0 Å². The summed E-state index contributed by atoms with van der Waals surface area (Å²) in [5.74, 6) is 1.55. The molecule has 5 nitrogen and oxygen atoms in total. The molecule has 0 saturated carbocycles. The lowest BCUT2D eigenvalue weighted by atomic mass is 10.1. The zero-order valence-corrected chi connectivity index (χ0v) is 14.8. The van der Waals surface area contributed by atoms with Gasteiger partial charge in [0, 0.05) is 31.6 Å². The van der Waals surface area contributed by atoms with E-state index in [1.54, 1.807) is 6.20 Å². The van der Waals surface area contributed by atoms with E-state index in [2.05, 4.69) is 4.98 Å². The number of benzene rings is 1. The molecule has 0 unspecified atom stereocenters. The molecule has 0 spiro atoms. The number of hydrogen-bond acceptors (Lipinski definition) is 4. The van der Waals surface area contributed by atoms with Gasteiger partial charge in [-0.05, 0) is 43.7 Å². The maximum Gasteiger partial charge on any atom is 0.260 e. The van der Waals surface area contributed by atoms with Crippen molar-refractivity contribution in [2.24, 2.45) is 0 Å². The van der Waals surface area contributed by atoms with Crippen LogP contribution in [0.4, 0.5) is 0 Å². The van der Waals surface area contributed by atoms with Crippen molar-refractivity contribution in [3.63, 3.8) is 0 Å². The monoisotopic (exact) mass is 340 g/mol. The minimum absolute atomic E-state index is 0.0250. The highest BCUT2D eigenvalue weighted by Gasteiger charge is 2.24. The normalized spacial score (nSPS) is 15.0. The molecule has 5 heteroatoms. The maximum atomic E-state index is 12.3. The zero-order valence-electron chi connectivity index (χ0n) is 14.8. The molecule has 0 aliphatic carbocycles. The Balaban J connectivity index is 1.43. The Hall–Kier alpha value is -2.56. The van der Waals surface area contributed by atoms with Crippen LogP contribution in [0.5, 0.6) is 11.5 Å². The van der Waals surface area contributed by atoms with Gasteiger partial charge in [0.25, 0.3) is 5.91 Å². The molecule has 0 N–H and O–H groups in total. The van der Waals surface area contributed by atoms with Gasteiger partial charge in [-0.1, -0.05) is 12.1 Å². The van der Waals surface area contributed by atoms with Gasteiger partial charge in [-0.25, -0.2) is 0 Å². The molecule has 3 rings (SSSR count). The van der Waals surface area contributed by atoms with Gasteiger partial charge >= 0.3 is 0 Å². The average molecular weight is 340 g/mol. The SMILES string of the molecule is Cc1cccc(OCC(=O)N2CCC(Oc3ccc(C)nc3)CC2)c1. The summed E-state index contributed by atoms with van der Waals surface area (Å²) in [6.45, 7) is 5.42. The van der Waals surface area contributed by atoms with Crippen LogP contribution >= 0.6 is 0 Å². The standard InChI is InChI=1S/C20H24N2O3/c1-15-4-3-5-18(12-15)24-14-20(23)22-10-8-17(9-11-22)25-19-7-6-16(2)21-13-19/h3-7,12-13,17H,8-11,14H2,1-2H3. The molecule has 1 fully saturated rings. The minimum atomic E-state index is 0.0250. The Labute approximate surface area is 148 Å². The van der Waals surface area contributed by atoms with Gasteiger partial charge in [0.05, 0.1) is 6.20 Å². The van der Waals surface area contributed by atoms with E-state index in [0.29, 0.717) is 13.1 Å². The summed E-state index contributed by atoms with van der Waals surface area (Å²) in [7, 11) is 0. The van der Waals surface area contributed by atoms with Crippen LogP contribution in [0.2, 0.25) is 0 Å². The molecule has 1 amide bonds. The van der Waals surface area contributed by atoms with Gasteiger partial charge in [-0.3, -0.25) is 9.78 Å². The summed E-state index contributed by atoms with van der Waals surface area (Å²) >= 11 is 0. The molecule has 0 radical (unpaired) electrons. The first-order valence-corrected chi connectivity index (χ1v) is 8.67. The number of carbonyl (C=O) groups is 1. The number of rotatable bonds is 5. The van der Waals surface area contributed by atoms with E-state index in [1.807, 2.05) is 55.1 Å². The number of ether oxygens (including phenoxy) is 2. The van der Waals surface area contributed by atoms with Crippen molar-refractivity contribution < 1.29 is 14.3 Å². The van der Waals surface area contributed by atoms with Crippen molar-refractivity contribution in [2.75, 3.05) is 19.7 Å². The van der Waals surface area contributed by atoms with E-state index in [-0.39, 0.29) is 18.6 Å². The summed E-state index contributed by atoms with van der Waals surface area (Å²) in [5, 5.41) is 0. The van der Waals surface area contributed by atoms with Crippen LogP contribution in [0.3, 0.4) is 0 Å². The second kappa shape index (κ2) is 8.01. The number of nitrogens with zero attached hydrogens (tertiary/aromatic N) is 2. The molecule has 1 aromatic heterocycles. The fraction of sp³-hybridized carbons (Fsp3) is 0.400. The number of carbonyl (C=O) groups excluding carboxylic acids is 1. The third kappa shape index (κ3) is 4.95. The fourth-order valence-electron chi connectivity index (χ4n) is 2.88. The number of likely N-dealkylation sites (tertiary alicyclic amines) is 1. The molecule has 1 aliphatic rings. The number of aryl methyl sites for hydroxylation is 2. The van der Waals surface area contributed by atoms with Gasteiger partial charge in [-0.15, -0.1) is 0 Å². The average Bonchev–Trinajstić information content (AvgIpc) is 2.62. The Morgan fingerprint density at radius 3 is 2.64 bits per heavy atom. The summed E-state index contributed by atoms with van der Waals surface area (Å²) in [6, 6.07) is 11.6. The van der Waals surface area contributed by atoms with Crippen molar-refractivity contribution in [1.82, 2.24) is 9.88 Å². The molecule has 25 heavy (non-hydrogen) atoms. The van der Waals surface area contributed by atoms with E-state index in [1.165, 1.54) is 0 Å². The fourth-order valence-corrected chi connectivity index (χ4v) is 2.88. The van der Waals surface area contributed by atoms with E-state index in [0.717, 1.165) is 35.6 Å². The summed E-state index contributed by atoms with van der Waals surface area (Å²) in [4.78, 5) is 18.4. The first-order chi connectivity index (χ1) is 12.1. The van der Waals surface area contributed by atoms with Crippen molar-refractivity contribution >= 4 is 5.91 Å². The molecule has 1 aromatic carbocycles. The smallest absolute Gasteiger partial charge is 0.260 e. The molecule has 1 saturated heterocycles. The highest BCUT2D eigenvalue weighted by atomic mass is 16.5. The first kappa shape index (κ1) is 17.3. The van der Waals surface area contributed by atoms with Gasteiger partial charge in [-0.2, -0.15) is 0 Å². The molecule has 0 bridgehead atoms. The molecule has 0 atom stereocenters. The van der Waals surface area contributed by atoms with Crippen LogP contribution in [0.15, 0.2) is 42.6 Å². The van der Waals surface area contributed by atoms with E-state index in [4.69, 9.17) is 9.47 Å². The van der Waals surface area contributed by atoms with Gasteiger partial charge in [0.1, 0.15) is 17.6 Å². The number of pyridine rings is 1. The second-order valence-electron chi connectivity index (χ2n) is 6.44. The quantitative estimate of drug-likeness (QED) is 0.839.